The minimum atomic E-state index is 0.486. The average Bonchev–Trinajstić information content (AvgIpc) is 2.31. The topological polar surface area (TPSA) is 51.8 Å². The summed E-state index contributed by atoms with van der Waals surface area (Å²) in [7, 11) is 0. The number of rotatable bonds is 2. The van der Waals surface area contributed by atoms with Gasteiger partial charge in [0, 0.05) is 0 Å². The molecule has 0 bridgehead atoms. The van der Waals surface area contributed by atoms with Crippen molar-refractivity contribution in [3.8, 4) is 12.3 Å². The van der Waals surface area contributed by atoms with Crippen molar-refractivity contribution in [2.24, 2.45) is 0 Å². The zero-order chi connectivity index (χ0) is 7.40. The molecule has 5 heteroatoms. The van der Waals surface area contributed by atoms with E-state index in [-0.39, 0.29) is 0 Å². The van der Waals surface area contributed by atoms with Gasteiger partial charge in [-0.15, -0.1) is 16.6 Å². The molecule has 10 heavy (non-hydrogen) atoms. The van der Waals surface area contributed by atoms with Crippen LogP contribution in [0, 0.1) is 12.3 Å². The molecule has 0 aliphatic carbocycles. The molecular formula is C5H5N3S2. The SMILES string of the molecule is C#CCSc1nnc(N)s1. The zero-order valence-electron chi connectivity index (χ0n) is 5.07. The number of terminal acetylenes is 1. The van der Waals surface area contributed by atoms with Gasteiger partial charge in [-0.25, -0.2) is 0 Å². The molecule has 0 unspecified atom stereocenters. The number of hydrogen-bond acceptors (Lipinski definition) is 5. The summed E-state index contributed by atoms with van der Waals surface area (Å²) in [5.41, 5.74) is 5.33. The van der Waals surface area contributed by atoms with Crippen LogP contribution in [0.15, 0.2) is 4.34 Å². The van der Waals surface area contributed by atoms with Crippen molar-refractivity contribution in [2.45, 2.75) is 4.34 Å². The maximum atomic E-state index is 5.33. The van der Waals surface area contributed by atoms with E-state index in [2.05, 4.69) is 16.1 Å². The molecule has 1 heterocycles. The molecule has 1 aromatic rings. The van der Waals surface area contributed by atoms with Crippen LogP contribution in [0.5, 0.6) is 0 Å². The van der Waals surface area contributed by atoms with E-state index in [1.54, 1.807) is 0 Å². The van der Waals surface area contributed by atoms with Gasteiger partial charge in [-0.2, -0.15) is 0 Å². The molecule has 0 saturated carbocycles. The van der Waals surface area contributed by atoms with E-state index in [9.17, 15) is 0 Å². The fourth-order valence-electron chi connectivity index (χ4n) is 0.382. The second kappa shape index (κ2) is 3.44. The molecule has 0 amide bonds. The van der Waals surface area contributed by atoms with E-state index >= 15 is 0 Å². The lowest BCUT2D eigenvalue weighted by Crippen LogP contribution is -1.79. The van der Waals surface area contributed by atoms with Crippen LogP contribution >= 0.6 is 23.1 Å². The Morgan fingerprint density at radius 1 is 1.70 bits per heavy atom. The molecule has 0 aliphatic rings. The molecular weight excluding hydrogens is 166 g/mol. The quantitative estimate of drug-likeness (QED) is 0.529. The van der Waals surface area contributed by atoms with Crippen LogP contribution in [0.25, 0.3) is 0 Å². The first-order valence-electron chi connectivity index (χ1n) is 2.48. The molecule has 0 saturated heterocycles. The van der Waals surface area contributed by atoms with Gasteiger partial charge in [-0.3, -0.25) is 0 Å². The molecule has 52 valence electrons. The van der Waals surface area contributed by atoms with Crippen molar-refractivity contribution in [1.82, 2.24) is 10.2 Å². The fraction of sp³-hybridized carbons (Fsp3) is 0.200. The third-order valence-electron chi connectivity index (χ3n) is 0.701. The maximum Gasteiger partial charge on any atom is 0.203 e. The van der Waals surface area contributed by atoms with E-state index in [4.69, 9.17) is 12.2 Å². The summed E-state index contributed by atoms with van der Waals surface area (Å²) in [5, 5.41) is 7.88. The Labute approximate surface area is 67.0 Å². The highest BCUT2D eigenvalue weighted by Gasteiger charge is 1.98. The smallest absolute Gasteiger partial charge is 0.203 e. The Morgan fingerprint density at radius 2 is 2.50 bits per heavy atom. The van der Waals surface area contributed by atoms with Crippen molar-refractivity contribution in [1.29, 1.82) is 0 Å². The molecule has 0 aromatic carbocycles. The molecule has 0 fully saturated rings. The first kappa shape index (κ1) is 7.38. The molecule has 1 rings (SSSR count). The minimum Gasteiger partial charge on any atom is -0.374 e. The van der Waals surface area contributed by atoms with Crippen LogP contribution in [-0.2, 0) is 0 Å². The van der Waals surface area contributed by atoms with Crippen LogP contribution in [0.1, 0.15) is 0 Å². The summed E-state index contributed by atoms with van der Waals surface area (Å²) in [4.78, 5) is 0. The van der Waals surface area contributed by atoms with E-state index in [1.807, 2.05) is 0 Å². The lowest BCUT2D eigenvalue weighted by atomic mass is 10.8. The van der Waals surface area contributed by atoms with Gasteiger partial charge >= 0.3 is 0 Å². The van der Waals surface area contributed by atoms with Gasteiger partial charge in [0.1, 0.15) is 0 Å². The van der Waals surface area contributed by atoms with Crippen molar-refractivity contribution in [3.05, 3.63) is 0 Å². The Morgan fingerprint density at radius 3 is 3.00 bits per heavy atom. The van der Waals surface area contributed by atoms with Crippen LogP contribution in [0.4, 0.5) is 5.13 Å². The molecule has 0 atom stereocenters. The zero-order valence-corrected chi connectivity index (χ0v) is 6.71. The monoisotopic (exact) mass is 171 g/mol. The second-order valence-corrected chi connectivity index (χ2v) is 3.63. The molecule has 3 nitrogen and oxygen atoms in total. The van der Waals surface area contributed by atoms with Crippen LogP contribution < -0.4 is 5.73 Å². The van der Waals surface area contributed by atoms with Crippen LogP contribution in [0.3, 0.4) is 0 Å². The lowest BCUT2D eigenvalue weighted by Gasteiger charge is -1.82. The van der Waals surface area contributed by atoms with Crippen molar-refractivity contribution in [2.75, 3.05) is 11.5 Å². The van der Waals surface area contributed by atoms with Gasteiger partial charge in [0.05, 0.1) is 5.75 Å². The van der Waals surface area contributed by atoms with Crippen molar-refractivity contribution < 1.29 is 0 Å². The summed E-state index contributed by atoms with van der Waals surface area (Å²) >= 11 is 2.82. The van der Waals surface area contributed by atoms with Crippen molar-refractivity contribution >= 4 is 28.2 Å². The number of aromatic nitrogens is 2. The number of hydrogen-bond donors (Lipinski definition) is 1. The largest absolute Gasteiger partial charge is 0.374 e. The average molecular weight is 171 g/mol. The predicted octanol–water partition coefficient (Wildman–Crippen LogP) is 0.846. The van der Waals surface area contributed by atoms with Gasteiger partial charge in [0.15, 0.2) is 4.34 Å². The Kier molecular flexibility index (Phi) is 2.54. The van der Waals surface area contributed by atoms with Crippen LogP contribution in [-0.4, -0.2) is 16.0 Å². The minimum absolute atomic E-state index is 0.486. The number of nitrogens with two attached hydrogens (primary N) is 1. The van der Waals surface area contributed by atoms with Crippen molar-refractivity contribution in [3.63, 3.8) is 0 Å². The molecule has 0 radical (unpaired) electrons. The van der Waals surface area contributed by atoms with E-state index < -0.39 is 0 Å². The normalized spacial score (nSPS) is 9.10. The summed E-state index contributed by atoms with van der Waals surface area (Å²) in [6.45, 7) is 0. The standard InChI is InChI=1S/C5H5N3S2/c1-2-3-9-5-8-7-4(6)10-5/h1H,3H2,(H2,6,7). The molecule has 1 aromatic heterocycles. The first-order chi connectivity index (χ1) is 4.83. The van der Waals surface area contributed by atoms with E-state index in [0.717, 1.165) is 4.34 Å². The molecule has 0 aliphatic heterocycles. The van der Waals surface area contributed by atoms with Gasteiger partial charge in [-0.05, 0) is 0 Å². The van der Waals surface area contributed by atoms with Crippen LogP contribution in [0.2, 0.25) is 0 Å². The third kappa shape index (κ3) is 1.90. The van der Waals surface area contributed by atoms with Gasteiger partial charge in [0.25, 0.3) is 0 Å². The highest BCUT2D eigenvalue weighted by molar-refractivity contribution is 8.01. The summed E-state index contributed by atoms with van der Waals surface area (Å²) < 4.78 is 0.829. The lowest BCUT2D eigenvalue weighted by molar-refractivity contribution is 1.02. The van der Waals surface area contributed by atoms with E-state index in [1.165, 1.54) is 23.1 Å². The second-order valence-electron chi connectivity index (χ2n) is 1.40. The van der Waals surface area contributed by atoms with Gasteiger partial charge < -0.3 is 5.73 Å². The Balaban J connectivity index is 2.52. The van der Waals surface area contributed by atoms with Gasteiger partial charge in [-0.1, -0.05) is 29.0 Å². The Hall–Kier alpha value is -0.730. The number of nitrogens with zero attached hydrogens (tertiary/aromatic N) is 2. The first-order valence-corrected chi connectivity index (χ1v) is 4.28. The number of anilines is 1. The highest BCUT2D eigenvalue weighted by atomic mass is 32.2. The Bertz CT molecular complexity index is 250. The number of nitrogen functional groups attached to an aromatic ring is 1. The summed E-state index contributed by atoms with van der Waals surface area (Å²) in [5.74, 6) is 3.11. The molecule has 0 spiro atoms. The fourth-order valence-corrected chi connectivity index (χ4v) is 1.70. The molecule has 2 N–H and O–H groups in total. The van der Waals surface area contributed by atoms with E-state index in [0.29, 0.717) is 10.9 Å². The summed E-state index contributed by atoms with van der Waals surface area (Å²) in [6, 6.07) is 0. The number of thioether (sulfide) groups is 1. The summed E-state index contributed by atoms with van der Waals surface area (Å²) in [6.07, 6.45) is 5.04. The maximum absolute atomic E-state index is 5.33. The highest BCUT2D eigenvalue weighted by Crippen LogP contribution is 2.22. The predicted molar refractivity (Wildman–Crippen MR) is 43.9 cm³/mol. The third-order valence-corrected chi connectivity index (χ3v) is 2.49. The van der Waals surface area contributed by atoms with Gasteiger partial charge in [0.2, 0.25) is 5.13 Å².